The quantitative estimate of drug-likeness (QED) is 0.781. The van der Waals surface area contributed by atoms with Crippen LogP contribution < -0.4 is 14.8 Å². The maximum atomic E-state index is 10.3. The number of hydrogen-bond donors (Lipinski definition) is 2. The Hall–Kier alpha value is -1.42. The minimum absolute atomic E-state index is 0.240. The molecule has 0 amide bonds. The van der Waals surface area contributed by atoms with Crippen molar-refractivity contribution in [3.05, 3.63) is 17.7 Å². The fraction of sp³-hybridized carbons (Fsp3) is 0.538. The van der Waals surface area contributed by atoms with Crippen molar-refractivity contribution in [3.63, 3.8) is 0 Å². The molecule has 92 valence electrons. The highest BCUT2D eigenvalue weighted by molar-refractivity contribution is 5.56. The number of benzene rings is 1. The van der Waals surface area contributed by atoms with Gasteiger partial charge in [-0.25, -0.2) is 0 Å². The average Bonchev–Trinajstić information content (AvgIpc) is 2.74. The lowest BCUT2D eigenvalue weighted by Crippen LogP contribution is -2.13. The summed E-state index contributed by atoms with van der Waals surface area (Å²) in [5, 5.41) is 13.7. The second-order valence-electron chi connectivity index (χ2n) is 4.53. The zero-order valence-electron chi connectivity index (χ0n) is 9.74. The van der Waals surface area contributed by atoms with Gasteiger partial charge in [0.05, 0.1) is 13.2 Å². The first-order valence-electron chi connectivity index (χ1n) is 6.21. The fourth-order valence-electron chi connectivity index (χ4n) is 2.47. The predicted molar refractivity (Wildman–Crippen MR) is 63.7 cm³/mol. The number of hydrogen-bond acceptors (Lipinski definition) is 4. The Morgan fingerprint density at radius 1 is 1.18 bits per heavy atom. The van der Waals surface area contributed by atoms with Gasteiger partial charge in [-0.2, -0.15) is 0 Å². The minimum atomic E-state index is 0.240. The summed E-state index contributed by atoms with van der Waals surface area (Å²) in [5.74, 6) is 1.40. The summed E-state index contributed by atoms with van der Waals surface area (Å²) in [6.45, 7) is 2.26. The lowest BCUT2D eigenvalue weighted by molar-refractivity contribution is 0.290. The van der Waals surface area contributed by atoms with Crippen LogP contribution in [-0.4, -0.2) is 24.9 Å². The lowest BCUT2D eigenvalue weighted by atomic mass is 10.0. The summed E-state index contributed by atoms with van der Waals surface area (Å²) < 4.78 is 11.1. The topological polar surface area (TPSA) is 50.7 Å². The number of aromatic hydroxyl groups is 1. The molecule has 17 heavy (non-hydrogen) atoms. The molecule has 2 heterocycles. The summed E-state index contributed by atoms with van der Waals surface area (Å²) >= 11 is 0. The van der Waals surface area contributed by atoms with Crippen LogP contribution in [0.15, 0.2) is 12.1 Å². The number of fused-ring (bicyclic) bond motifs is 1. The third-order valence-corrected chi connectivity index (χ3v) is 3.35. The van der Waals surface area contributed by atoms with Crippen LogP contribution in [0.5, 0.6) is 17.2 Å². The molecule has 0 radical (unpaired) electrons. The molecule has 2 N–H and O–H groups in total. The molecule has 3 rings (SSSR count). The molecule has 1 atom stereocenters. The monoisotopic (exact) mass is 235 g/mol. The summed E-state index contributed by atoms with van der Waals surface area (Å²) in [4.78, 5) is 0. The van der Waals surface area contributed by atoms with Crippen LogP contribution >= 0.6 is 0 Å². The first-order chi connectivity index (χ1) is 8.36. The molecule has 1 aromatic rings. The largest absolute Gasteiger partial charge is 0.504 e. The Balaban J connectivity index is 1.98. The van der Waals surface area contributed by atoms with Crippen molar-refractivity contribution in [2.24, 2.45) is 0 Å². The van der Waals surface area contributed by atoms with E-state index in [2.05, 4.69) is 5.32 Å². The number of phenols is 1. The van der Waals surface area contributed by atoms with Crippen molar-refractivity contribution >= 4 is 0 Å². The summed E-state index contributed by atoms with van der Waals surface area (Å²) in [6, 6.07) is 4.08. The zero-order chi connectivity index (χ0) is 11.7. The normalized spacial score (nSPS) is 23.4. The van der Waals surface area contributed by atoms with Gasteiger partial charge in [0.25, 0.3) is 0 Å². The highest BCUT2D eigenvalue weighted by Gasteiger charge is 2.24. The van der Waals surface area contributed by atoms with Crippen molar-refractivity contribution in [1.29, 1.82) is 0 Å². The summed E-state index contributed by atoms with van der Waals surface area (Å²) in [7, 11) is 0. The van der Waals surface area contributed by atoms with Crippen molar-refractivity contribution in [2.45, 2.75) is 25.3 Å². The molecule has 1 fully saturated rings. The van der Waals surface area contributed by atoms with Gasteiger partial charge in [0.2, 0.25) is 5.75 Å². The molecule has 0 spiro atoms. The molecule has 4 nitrogen and oxygen atoms in total. The Morgan fingerprint density at radius 3 is 2.88 bits per heavy atom. The van der Waals surface area contributed by atoms with E-state index in [0.717, 1.165) is 31.4 Å². The van der Waals surface area contributed by atoms with E-state index in [4.69, 9.17) is 9.47 Å². The molecule has 4 heteroatoms. The molecule has 2 aliphatic rings. The van der Waals surface area contributed by atoms with E-state index in [-0.39, 0.29) is 11.8 Å². The van der Waals surface area contributed by atoms with Crippen LogP contribution in [0, 0.1) is 0 Å². The highest BCUT2D eigenvalue weighted by Crippen LogP contribution is 2.43. The van der Waals surface area contributed by atoms with Gasteiger partial charge in [0, 0.05) is 18.0 Å². The predicted octanol–water partition coefficient (Wildman–Crippen LogP) is 1.98. The van der Waals surface area contributed by atoms with Crippen LogP contribution in [0.1, 0.15) is 30.9 Å². The van der Waals surface area contributed by atoms with Crippen LogP contribution in [0.3, 0.4) is 0 Å². The van der Waals surface area contributed by atoms with E-state index >= 15 is 0 Å². The summed E-state index contributed by atoms with van der Waals surface area (Å²) in [5.41, 5.74) is 0.923. The smallest absolute Gasteiger partial charge is 0.203 e. The number of phenolic OH excluding ortho intramolecular Hbond substituents is 1. The van der Waals surface area contributed by atoms with Gasteiger partial charge in [-0.1, -0.05) is 0 Å². The number of ether oxygens (including phenoxy) is 2. The maximum Gasteiger partial charge on any atom is 0.203 e. The fourth-order valence-corrected chi connectivity index (χ4v) is 2.47. The SMILES string of the molecule is Oc1c(C2CCCN2)ccc2c1OCCCO2. The first-order valence-corrected chi connectivity index (χ1v) is 6.21. The van der Waals surface area contributed by atoms with E-state index in [1.54, 1.807) is 0 Å². The van der Waals surface area contributed by atoms with E-state index in [1.165, 1.54) is 0 Å². The van der Waals surface area contributed by atoms with Crippen molar-refractivity contribution in [1.82, 2.24) is 5.32 Å². The molecular weight excluding hydrogens is 218 g/mol. The Morgan fingerprint density at radius 2 is 2.06 bits per heavy atom. The molecular formula is C13H17NO3. The lowest BCUT2D eigenvalue weighted by Gasteiger charge is -2.16. The molecule has 0 saturated carbocycles. The van der Waals surface area contributed by atoms with E-state index < -0.39 is 0 Å². The van der Waals surface area contributed by atoms with Gasteiger partial charge in [0.15, 0.2) is 11.5 Å². The van der Waals surface area contributed by atoms with Gasteiger partial charge < -0.3 is 19.9 Å². The molecule has 0 bridgehead atoms. The average molecular weight is 235 g/mol. The van der Waals surface area contributed by atoms with Gasteiger partial charge >= 0.3 is 0 Å². The Labute approximate surface area is 101 Å². The first kappa shape index (κ1) is 10.7. The van der Waals surface area contributed by atoms with Gasteiger partial charge in [-0.3, -0.25) is 0 Å². The summed E-state index contributed by atoms with van der Waals surface area (Å²) in [6.07, 6.45) is 3.07. The highest BCUT2D eigenvalue weighted by atomic mass is 16.5. The van der Waals surface area contributed by atoms with Crippen molar-refractivity contribution in [3.8, 4) is 17.2 Å². The molecule has 0 aliphatic carbocycles. The molecule has 0 aromatic heterocycles. The number of rotatable bonds is 1. The van der Waals surface area contributed by atoms with Gasteiger partial charge in [-0.05, 0) is 31.5 Å². The Bertz CT molecular complexity index is 413. The van der Waals surface area contributed by atoms with Gasteiger partial charge in [-0.15, -0.1) is 0 Å². The van der Waals surface area contributed by atoms with Crippen LogP contribution in [0.4, 0.5) is 0 Å². The van der Waals surface area contributed by atoms with Crippen molar-refractivity contribution in [2.75, 3.05) is 19.8 Å². The van der Waals surface area contributed by atoms with E-state index in [9.17, 15) is 5.11 Å². The molecule has 2 aliphatic heterocycles. The Kier molecular flexibility index (Phi) is 2.81. The van der Waals surface area contributed by atoms with Crippen LogP contribution in [0.25, 0.3) is 0 Å². The minimum Gasteiger partial charge on any atom is -0.504 e. The van der Waals surface area contributed by atoms with Crippen LogP contribution in [-0.2, 0) is 0 Å². The molecule has 1 unspecified atom stereocenters. The second-order valence-corrected chi connectivity index (χ2v) is 4.53. The third-order valence-electron chi connectivity index (χ3n) is 3.35. The zero-order valence-corrected chi connectivity index (χ0v) is 9.74. The van der Waals surface area contributed by atoms with Crippen LogP contribution in [0.2, 0.25) is 0 Å². The van der Waals surface area contributed by atoms with E-state index in [1.807, 2.05) is 12.1 Å². The van der Waals surface area contributed by atoms with Crippen molar-refractivity contribution < 1.29 is 14.6 Å². The maximum absolute atomic E-state index is 10.3. The third kappa shape index (κ3) is 1.93. The van der Waals surface area contributed by atoms with Gasteiger partial charge in [0.1, 0.15) is 0 Å². The standard InChI is InChI=1S/C13H17NO3/c15-12-9(10-3-1-6-14-10)4-5-11-13(12)17-8-2-7-16-11/h4-5,10,14-15H,1-3,6-8H2. The molecule has 1 aromatic carbocycles. The van der Waals surface area contributed by atoms with E-state index in [0.29, 0.717) is 24.7 Å². The molecule has 1 saturated heterocycles. The second kappa shape index (κ2) is 4.45. The number of nitrogens with one attached hydrogen (secondary N) is 1.